The highest BCUT2D eigenvalue weighted by atomic mass is 16.5. The molecule has 1 aromatic heterocycles. The maximum atomic E-state index is 11.5. The quantitative estimate of drug-likeness (QED) is 0.930. The Kier molecular flexibility index (Phi) is 4.48. The van der Waals surface area contributed by atoms with Crippen LogP contribution in [0, 0.1) is 11.8 Å². The molecule has 1 aliphatic carbocycles. The van der Waals surface area contributed by atoms with E-state index in [0.29, 0.717) is 11.8 Å². The minimum atomic E-state index is -0.689. The maximum Gasteiger partial charge on any atom is 0.137 e. The van der Waals surface area contributed by atoms with Crippen LogP contribution in [-0.4, -0.2) is 35.2 Å². The molecule has 1 saturated carbocycles. The monoisotopic (exact) mass is 338 g/mol. The number of pyridine rings is 1. The zero-order chi connectivity index (χ0) is 17.3. The number of likely N-dealkylation sites (tertiary alicyclic amines) is 1. The van der Waals surface area contributed by atoms with Gasteiger partial charge >= 0.3 is 0 Å². The number of aliphatic hydroxyl groups is 1. The van der Waals surface area contributed by atoms with Crippen LogP contribution in [0.1, 0.15) is 30.4 Å². The number of rotatable bonds is 4. The lowest BCUT2D eigenvalue weighted by Crippen LogP contribution is -2.42. The fourth-order valence-corrected chi connectivity index (χ4v) is 4.75. The predicted molar refractivity (Wildman–Crippen MR) is 97.2 cm³/mol. The Bertz CT molecular complexity index is 721. The molecule has 2 fully saturated rings. The van der Waals surface area contributed by atoms with Crippen LogP contribution in [0.3, 0.4) is 0 Å². The minimum Gasteiger partial charge on any atom is -0.495 e. The van der Waals surface area contributed by atoms with Gasteiger partial charge in [0.05, 0.1) is 18.9 Å². The summed E-state index contributed by atoms with van der Waals surface area (Å²) < 4.78 is 5.28. The van der Waals surface area contributed by atoms with Crippen molar-refractivity contribution < 1.29 is 9.84 Å². The van der Waals surface area contributed by atoms with Crippen LogP contribution in [0.15, 0.2) is 48.8 Å². The molecule has 132 valence electrons. The van der Waals surface area contributed by atoms with Gasteiger partial charge in [0.15, 0.2) is 0 Å². The number of nitrogens with zero attached hydrogens (tertiary/aromatic N) is 2. The van der Waals surface area contributed by atoms with Crippen LogP contribution < -0.4 is 4.74 Å². The van der Waals surface area contributed by atoms with E-state index >= 15 is 0 Å². The minimum absolute atomic E-state index is 0.308. The van der Waals surface area contributed by atoms with Crippen LogP contribution in [-0.2, 0) is 12.1 Å². The second kappa shape index (κ2) is 6.77. The molecule has 4 heteroatoms. The Morgan fingerprint density at radius 2 is 2.08 bits per heavy atom. The van der Waals surface area contributed by atoms with E-state index in [4.69, 9.17) is 4.74 Å². The Morgan fingerprint density at radius 1 is 1.24 bits per heavy atom. The molecule has 0 spiro atoms. The van der Waals surface area contributed by atoms with E-state index in [1.54, 1.807) is 13.3 Å². The molecule has 2 heterocycles. The van der Waals surface area contributed by atoms with E-state index in [1.807, 2.05) is 24.4 Å². The van der Waals surface area contributed by atoms with Gasteiger partial charge in [-0.2, -0.15) is 0 Å². The van der Waals surface area contributed by atoms with Gasteiger partial charge in [-0.25, -0.2) is 0 Å². The molecular weight excluding hydrogens is 312 g/mol. The summed E-state index contributed by atoms with van der Waals surface area (Å²) in [6.07, 6.45) is 6.83. The largest absolute Gasteiger partial charge is 0.495 e. The van der Waals surface area contributed by atoms with Gasteiger partial charge < -0.3 is 9.84 Å². The molecule has 0 amide bonds. The van der Waals surface area contributed by atoms with Gasteiger partial charge in [-0.3, -0.25) is 9.88 Å². The van der Waals surface area contributed by atoms with E-state index in [2.05, 4.69) is 28.1 Å². The first-order chi connectivity index (χ1) is 12.2. The Morgan fingerprint density at radius 3 is 2.88 bits per heavy atom. The Labute approximate surface area is 149 Å². The Hall–Kier alpha value is -1.91. The lowest BCUT2D eigenvalue weighted by atomic mass is 9.67. The molecular formula is C21H26N2O2. The number of methoxy groups -OCH3 is 1. The third-order valence-corrected chi connectivity index (χ3v) is 5.95. The fraction of sp³-hybridized carbons (Fsp3) is 0.476. The van der Waals surface area contributed by atoms with Gasteiger partial charge in [0.1, 0.15) is 5.75 Å². The van der Waals surface area contributed by atoms with Crippen LogP contribution in [0.2, 0.25) is 0 Å². The normalized spacial score (nSPS) is 29.4. The summed E-state index contributed by atoms with van der Waals surface area (Å²) in [5.74, 6) is 1.68. The van der Waals surface area contributed by atoms with Gasteiger partial charge in [-0.1, -0.05) is 30.3 Å². The van der Waals surface area contributed by atoms with Crippen LogP contribution in [0.4, 0.5) is 0 Å². The summed E-state index contributed by atoms with van der Waals surface area (Å²) in [6.45, 7) is 2.85. The smallest absolute Gasteiger partial charge is 0.137 e. The fourth-order valence-electron chi connectivity index (χ4n) is 4.75. The van der Waals surface area contributed by atoms with Gasteiger partial charge in [0.2, 0.25) is 0 Å². The zero-order valence-corrected chi connectivity index (χ0v) is 14.8. The van der Waals surface area contributed by atoms with Crippen LogP contribution in [0.5, 0.6) is 5.75 Å². The summed E-state index contributed by atoms with van der Waals surface area (Å²) in [5, 5.41) is 11.5. The standard InChI is InChI=1S/C21H26N2O2/c1-25-19-10-16(11-22-12-19)13-23-14-17-6-5-9-21(24,20(17)15-23)18-7-3-2-4-8-18/h2-4,7-8,10-12,17,20,24H,5-6,9,13-15H2,1H3/t17-,20+,21+/m0/s1. The van der Waals surface area contributed by atoms with E-state index in [9.17, 15) is 5.11 Å². The molecule has 1 aromatic carbocycles. The lowest BCUT2D eigenvalue weighted by Gasteiger charge is -2.41. The van der Waals surface area contributed by atoms with Crippen molar-refractivity contribution in [3.8, 4) is 5.75 Å². The first-order valence-electron chi connectivity index (χ1n) is 9.17. The average molecular weight is 338 g/mol. The van der Waals surface area contributed by atoms with E-state index in [0.717, 1.165) is 43.8 Å². The molecule has 0 radical (unpaired) electrons. The van der Waals surface area contributed by atoms with Gasteiger partial charge in [-0.05, 0) is 42.4 Å². The maximum absolute atomic E-state index is 11.5. The number of aromatic nitrogens is 1. The number of hydrogen-bond donors (Lipinski definition) is 1. The molecule has 1 saturated heterocycles. The van der Waals surface area contributed by atoms with Crippen LogP contribution >= 0.6 is 0 Å². The predicted octanol–water partition coefficient (Wildman–Crippen LogP) is 3.21. The highest BCUT2D eigenvalue weighted by Crippen LogP contribution is 2.48. The third-order valence-electron chi connectivity index (χ3n) is 5.95. The SMILES string of the molecule is COc1cncc(CN2C[C@@H]3CCC[C@@](O)(c4ccccc4)[C@@H]3C2)c1. The molecule has 0 unspecified atom stereocenters. The van der Waals surface area contributed by atoms with Crippen molar-refractivity contribution >= 4 is 0 Å². The second-order valence-corrected chi connectivity index (χ2v) is 7.48. The highest BCUT2D eigenvalue weighted by molar-refractivity contribution is 5.26. The van der Waals surface area contributed by atoms with Crippen molar-refractivity contribution in [2.24, 2.45) is 11.8 Å². The topological polar surface area (TPSA) is 45.6 Å². The van der Waals surface area contributed by atoms with Gasteiger partial charge in [-0.15, -0.1) is 0 Å². The molecule has 25 heavy (non-hydrogen) atoms. The van der Waals surface area contributed by atoms with Crippen molar-refractivity contribution in [2.75, 3.05) is 20.2 Å². The van der Waals surface area contributed by atoms with Crippen molar-refractivity contribution in [1.82, 2.24) is 9.88 Å². The molecule has 3 atom stereocenters. The summed E-state index contributed by atoms with van der Waals surface area (Å²) in [5.41, 5.74) is 1.56. The zero-order valence-electron chi connectivity index (χ0n) is 14.8. The first kappa shape index (κ1) is 16.6. The van der Waals surface area contributed by atoms with Crippen molar-refractivity contribution in [2.45, 2.75) is 31.4 Å². The average Bonchev–Trinajstić information content (AvgIpc) is 3.07. The van der Waals surface area contributed by atoms with Gasteiger partial charge in [0.25, 0.3) is 0 Å². The second-order valence-electron chi connectivity index (χ2n) is 7.48. The molecule has 1 aliphatic heterocycles. The number of benzene rings is 1. The van der Waals surface area contributed by atoms with Crippen molar-refractivity contribution in [3.63, 3.8) is 0 Å². The number of fused-ring (bicyclic) bond motifs is 1. The summed E-state index contributed by atoms with van der Waals surface area (Å²) >= 11 is 0. The molecule has 1 N–H and O–H groups in total. The highest BCUT2D eigenvalue weighted by Gasteiger charge is 2.49. The summed E-state index contributed by atoms with van der Waals surface area (Å²) in [4.78, 5) is 6.73. The first-order valence-corrected chi connectivity index (χ1v) is 9.17. The number of ether oxygens (including phenoxy) is 1. The van der Waals surface area contributed by atoms with Crippen LogP contribution in [0.25, 0.3) is 0 Å². The molecule has 4 rings (SSSR count). The summed E-state index contributed by atoms with van der Waals surface area (Å²) in [6, 6.07) is 12.3. The van der Waals surface area contributed by atoms with Gasteiger partial charge in [0, 0.05) is 31.7 Å². The summed E-state index contributed by atoms with van der Waals surface area (Å²) in [7, 11) is 1.67. The lowest BCUT2D eigenvalue weighted by molar-refractivity contribution is -0.0648. The third kappa shape index (κ3) is 3.16. The van der Waals surface area contributed by atoms with E-state index in [1.165, 1.54) is 12.0 Å². The van der Waals surface area contributed by atoms with E-state index in [-0.39, 0.29) is 0 Å². The van der Waals surface area contributed by atoms with Crippen molar-refractivity contribution in [1.29, 1.82) is 0 Å². The number of hydrogen-bond acceptors (Lipinski definition) is 4. The molecule has 0 bridgehead atoms. The molecule has 2 aromatic rings. The van der Waals surface area contributed by atoms with Crippen molar-refractivity contribution in [3.05, 3.63) is 59.9 Å². The van der Waals surface area contributed by atoms with E-state index < -0.39 is 5.60 Å². The molecule has 2 aliphatic rings. The molecule has 4 nitrogen and oxygen atoms in total. The Balaban J connectivity index is 1.53.